The summed E-state index contributed by atoms with van der Waals surface area (Å²) in [5, 5.41) is 11.9. The van der Waals surface area contributed by atoms with Crippen LogP contribution in [0.2, 0.25) is 0 Å². The molecular weight excluding hydrogens is 232 g/mol. The van der Waals surface area contributed by atoms with Crippen LogP contribution in [0.25, 0.3) is 0 Å². The summed E-state index contributed by atoms with van der Waals surface area (Å²) in [6, 6.07) is 0. The topological polar surface area (TPSA) is 93.3 Å². The van der Waals surface area contributed by atoms with Crippen molar-refractivity contribution in [1.29, 1.82) is 0 Å². The second-order valence-electron chi connectivity index (χ2n) is 3.95. The summed E-state index contributed by atoms with van der Waals surface area (Å²) in [4.78, 5) is 3.90. The summed E-state index contributed by atoms with van der Waals surface area (Å²) >= 11 is 0. The number of aliphatic hydroxyl groups is 1. The molecule has 1 aromatic rings. The van der Waals surface area contributed by atoms with E-state index in [0.717, 1.165) is 12.8 Å². The molecule has 1 unspecified atom stereocenters. The van der Waals surface area contributed by atoms with E-state index in [0.29, 0.717) is 12.3 Å². The van der Waals surface area contributed by atoms with E-state index in [1.807, 2.05) is 0 Å². The fraction of sp³-hybridized carbons (Fsp3) is 0.778. The van der Waals surface area contributed by atoms with Crippen LogP contribution in [0.4, 0.5) is 0 Å². The van der Waals surface area contributed by atoms with Gasteiger partial charge in [-0.2, -0.15) is 4.98 Å². The van der Waals surface area contributed by atoms with Crippen molar-refractivity contribution < 1.29 is 18.0 Å². The molecule has 0 bridgehead atoms. The Bertz CT molecular complexity index is 454. The van der Waals surface area contributed by atoms with Gasteiger partial charge in [0.25, 0.3) is 0 Å². The van der Waals surface area contributed by atoms with Crippen molar-refractivity contribution in [3.05, 3.63) is 11.7 Å². The van der Waals surface area contributed by atoms with Crippen molar-refractivity contribution in [2.75, 3.05) is 5.75 Å². The van der Waals surface area contributed by atoms with Crippen LogP contribution >= 0.6 is 0 Å². The standard InChI is InChI=1S/C9H14N2O4S/c12-6-8-10-9(15-11-8)5-7-3-1-2-4-16(7,13)14/h7,12H,1-6H2. The van der Waals surface area contributed by atoms with Gasteiger partial charge in [-0.25, -0.2) is 8.42 Å². The number of hydrogen-bond donors (Lipinski definition) is 1. The molecule has 0 amide bonds. The van der Waals surface area contributed by atoms with Crippen molar-refractivity contribution in [3.63, 3.8) is 0 Å². The van der Waals surface area contributed by atoms with E-state index in [4.69, 9.17) is 9.63 Å². The highest BCUT2D eigenvalue weighted by Crippen LogP contribution is 2.22. The molecule has 0 aliphatic carbocycles. The molecule has 1 fully saturated rings. The molecule has 6 nitrogen and oxygen atoms in total. The maximum atomic E-state index is 11.7. The third-order valence-corrected chi connectivity index (χ3v) is 5.04. The lowest BCUT2D eigenvalue weighted by Gasteiger charge is -2.20. The Balaban J connectivity index is 2.08. The Morgan fingerprint density at radius 1 is 1.44 bits per heavy atom. The summed E-state index contributed by atoms with van der Waals surface area (Å²) in [6.07, 6.45) is 2.57. The minimum absolute atomic E-state index is 0.197. The largest absolute Gasteiger partial charge is 0.388 e. The van der Waals surface area contributed by atoms with Crippen LogP contribution in [0, 0.1) is 0 Å². The van der Waals surface area contributed by atoms with Gasteiger partial charge in [-0.05, 0) is 12.8 Å². The zero-order valence-electron chi connectivity index (χ0n) is 8.79. The van der Waals surface area contributed by atoms with Gasteiger partial charge < -0.3 is 9.63 Å². The molecule has 1 N–H and O–H groups in total. The minimum atomic E-state index is -3.01. The minimum Gasteiger partial charge on any atom is -0.388 e. The lowest BCUT2D eigenvalue weighted by atomic mass is 10.1. The highest BCUT2D eigenvalue weighted by Gasteiger charge is 2.30. The molecule has 7 heteroatoms. The summed E-state index contributed by atoms with van der Waals surface area (Å²) in [6.45, 7) is -0.291. The van der Waals surface area contributed by atoms with Crippen molar-refractivity contribution >= 4 is 9.84 Å². The first-order valence-electron chi connectivity index (χ1n) is 5.26. The number of hydrogen-bond acceptors (Lipinski definition) is 6. The summed E-state index contributed by atoms with van der Waals surface area (Å²) in [5.41, 5.74) is 0. The molecule has 2 heterocycles. The highest BCUT2D eigenvalue weighted by molar-refractivity contribution is 7.92. The van der Waals surface area contributed by atoms with Crippen LogP contribution < -0.4 is 0 Å². The number of rotatable bonds is 3. The van der Waals surface area contributed by atoms with Gasteiger partial charge in [0.1, 0.15) is 6.61 Å². The van der Waals surface area contributed by atoms with Gasteiger partial charge in [-0.1, -0.05) is 11.6 Å². The van der Waals surface area contributed by atoms with Crippen LogP contribution in [0.5, 0.6) is 0 Å². The molecule has 0 spiro atoms. The summed E-state index contributed by atoms with van der Waals surface area (Å²) in [5.74, 6) is 0.737. The van der Waals surface area contributed by atoms with E-state index in [1.165, 1.54) is 0 Å². The van der Waals surface area contributed by atoms with Crippen molar-refractivity contribution in [1.82, 2.24) is 10.1 Å². The smallest absolute Gasteiger partial charge is 0.228 e. The summed E-state index contributed by atoms with van der Waals surface area (Å²) < 4.78 is 28.3. The Labute approximate surface area is 93.6 Å². The van der Waals surface area contributed by atoms with Crippen LogP contribution in [-0.4, -0.2) is 34.7 Å². The van der Waals surface area contributed by atoms with Gasteiger partial charge in [-0.3, -0.25) is 0 Å². The number of nitrogens with zero attached hydrogens (tertiary/aromatic N) is 2. The Morgan fingerprint density at radius 2 is 2.25 bits per heavy atom. The second kappa shape index (κ2) is 4.50. The summed E-state index contributed by atoms with van der Waals surface area (Å²) in [7, 11) is -3.01. The van der Waals surface area contributed by atoms with E-state index < -0.39 is 15.1 Å². The van der Waals surface area contributed by atoms with E-state index in [2.05, 4.69) is 10.1 Å². The van der Waals surface area contributed by atoms with E-state index in [-0.39, 0.29) is 24.6 Å². The van der Waals surface area contributed by atoms with E-state index in [9.17, 15) is 8.42 Å². The quantitative estimate of drug-likeness (QED) is 0.811. The van der Waals surface area contributed by atoms with Gasteiger partial charge in [0.2, 0.25) is 5.89 Å². The zero-order chi connectivity index (χ0) is 11.6. The third-order valence-electron chi connectivity index (χ3n) is 2.77. The lowest BCUT2D eigenvalue weighted by Crippen LogP contribution is -2.30. The predicted molar refractivity (Wildman–Crippen MR) is 55.4 cm³/mol. The molecule has 90 valence electrons. The van der Waals surface area contributed by atoms with E-state index in [1.54, 1.807) is 0 Å². The molecule has 1 aliphatic heterocycles. The van der Waals surface area contributed by atoms with Crippen LogP contribution in [0.15, 0.2) is 4.52 Å². The molecular formula is C9H14N2O4S. The zero-order valence-corrected chi connectivity index (χ0v) is 9.61. The average Bonchev–Trinajstić information content (AvgIpc) is 2.69. The Kier molecular flexibility index (Phi) is 3.25. The lowest BCUT2D eigenvalue weighted by molar-refractivity contribution is 0.262. The van der Waals surface area contributed by atoms with Gasteiger partial charge in [0, 0.05) is 6.42 Å². The maximum absolute atomic E-state index is 11.7. The van der Waals surface area contributed by atoms with Crippen LogP contribution in [0.1, 0.15) is 31.0 Å². The molecule has 0 radical (unpaired) electrons. The van der Waals surface area contributed by atoms with E-state index >= 15 is 0 Å². The number of aromatic nitrogens is 2. The molecule has 0 saturated carbocycles. The van der Waals surface area contributed by atoms with Crippen LogP contribution in [0.3, 0.4) is 0 Å². The molecule has 1 aromatic heterocycles. The van der Waals surface area contributed by atoms with Gasteiger partial charge in [-0.15, -0.1) is 0 Å². The van der Waals surface area contributed by atoms with Crippen molar-refractivity contribution in [2.24, 2.45) is 0 Å². The van der Waals surface area contributed by atoms with Gasteiger partial charge in [0.05, 0.1) is 11.0 Å². The average molecular weight is 246 g/mol. The SMILES string of the molecule is O=S1(=O)CCCCC1Cc1nc(CO)no1. The van der Waals surface area contributed by atoms with Gasteiger partial charge in [0.15, 0.2) is 15.7 Å². The number of sulfone groups is 1. The Morgan fingerprint density at radius 3 is 2.88 bits per heavy atom. The fourth-order valence-corrected chi connectivity index (χ4v) is 3.74. The molecule has 16 heavy (non-hydrogen) atoms. The normalized spacial score (nSPS) is 24.4. The molecule has 0 aromatic carbocycles. The predicted octanol–water partition coefficient (Wildman–Crippen LogP) is 0.0717. The third kappa shape index (κ3) is 2.41. The van der Waals surface area contributed by atoms with Crippen molar-refractivity contribution in [2.45, 2.75) is 37.5 Å². The maximum Gasteiger partial charge on any atom is 0.228 e. The highest BCUT2D eigenvalue weighted by atomic mass is 32.2. The first kappa shape index (κ1) is 11.5. The molecule has 1 saturated heterocycles. The monoisotopic (exact) mass is 246 g/mol. The first-order chi connectivity index (χ1) is 7.62. The Hall–Kier alpha value is -0.950. The number of aliphatic hydroxyl groups excluding tert-OH is 1. The second-order valence-corrected chi connectivity index (χ2v) is 6.35. The molecule has 2 rings (SSSR count). The van der Waals surface area contributed by atoms with Crippen molar-refractivity contribution in [3.8, 4) is 0 Å². The van der Waals surface area contributed by atoms with Crippen LogP contribution in [-0.2, 0) is 22.9 Å². The first-order valence-corrected chi connectivity index (χ1v) is 6.97. The van der Waals surface area contributed by atoms with Gasteiger partial charge >= 0.3 is 0 Å². The molecule has 1 atom stereocenters. The fourth-order valence-electron chi connectivity index (χ4n) is 1.88. The molecule has 1 aliphatic rings.